The van der Waals surface area contributed by atoms with E-state index in [0.717, 1.165) is 5.69 Å². The van der Waals surface area contributed by atoms with Crippen molar-refractivity contribution in [3.05, 3.63) is 35.9 Å². The van der Waals surface area contributed by atoms with Crippen molar-refractivity contribution in [1.82, 2.24) is 19.7 Å². The van der Waals surface area contributed by atoms with Gasteiger partial charge in [0.1, 0.15) is 5.69 Å². The molecule has 2 heterocycles. The maximum Gasteiger partial charge on any atom is 0.267 e. The van der Waals surface area contributed by atoms with Gasteiger partial charge in [0.2, 0.25) is 0 Å². The van der Waals surface area contributed by atoms with E-state index in [1.54, 1.807) is 6.20 Å². The van der Waals surface area contributed by atoms with E-state index in [-0.39, 0.29) is 5.69 Å². The number of amides is 1. The number of aryl methyl sites for hydroxylation is 1. The van der Waals surface area contributed by atoms with Crippen LogP contribution in [-0.4, -0.2) is 25.7 Å². The van der Waals surface area contributed by atoms with E-state index in [0.29, 0.717) is 5.95 Å². The molecule has 0 aliphatic carbocycles. The van der Waals surface area contributed by atoms with Crippen molar-refractivity contribution in [3.8, 4) is 5.95 Å². The molecule has 0 aliphatic rings. The van der Waals surface area contributed by atoms with E-state index in [1.165, 1.54) is 16.9 Å². The van der Waals surface area contributed by atoms with Gasteiger partial charge < -0.3 is 5.73 Å². The summed E-state index contributed by atoms with van der Waals surface area (Å²) < 4.78 is 1.53. The number of primary amides is 1. The van der Waals surface area contributed by atoms with Crippen molar-refractivity contribution in [3.63, 3.8) is 0 Å². The Bertz CT molecular complexity index is 505. The molecule has 0 saturated carbocycles. The van der Waals surface area contributed by atoms with Gasteiger partial charge in [0, 0.05) is 18.1 Å². The van der Waals surface area contributed by atoms with Gasteiger partial charge >= 0.3 is 0 Å². The molecule has 6 heteroatoms. The number of nitrogens with zero attached hydrogens (tertiary/aromatic N) is 4. The fourth-order valence-corrected chi connectivity index (χ4v) is 1.17. The Morgan fingerprint density at radius 1 is 1.40 bits per heavy atom. The van der Waals surface area contributed by atoms with Crippen molar-refractivity contribution in [2.24, 2.45) is 5.73 Å². The van der Waals surface area contributed by atoms with Crippen LogP contribution in [0.2, 0.25) is 0 Å². The molecule has 0 spiro atoms. The zero-order valence-corrected chi connectivity index (χ0v) is 8.08. The molecule has 76 valence electrons. The minimum Gasteiger partial charge on any atom is -0.364 e. The number of nitrogens with two attached hydrogens (primary N) is 1. The summed E-state index contributed by atoms with van der Waals surface area (Å²) in [5, 5.41) is 4.03. The zero-order chi connectivity index (χ0) is 10.8. The predicted octanol–water partition coefficient (Wildman–Crippen LogP) is 0.0696. The van der Waals surface area contributed by atoms with Crippen LogP contribution < -0.4 is 5.73 Å². The van der Waals surface area contributed by atoms with Gasteiger partial charge in [0.05, 0.1) is 0 Å². The standard InChI is InChI=1S/C9H9N5O/c1-6-2-5-12-14(6)9-11-4-3-7(13-9)8(10)15/h2-5H,1H3,(H2,10,15). The zero-order valence-electron chi connectivity index (χ0n) is 8.08. The third-order valence-electron chi connectivity index (χ3n) is 1.92. The molecule has 0 saturated heterocycles. The van der Waals surface area contributed by atoms with Crippen LogP contribution in [0.4, 0.5) is 0 Å². The molecule has 6 nitrogen and oxygen atoms in total. The number of aromatic nitrogens is 4. The maximum absolute atomic E-state index is 10.9. The number of hydrogen-bond donors (Lipinski definition) is 1. The van der Waals surface area contributed by atoms with Crippen molar-refractivity contribution in [1.29, 1.82) is 0 Å². The van der Waals surface area contributed by atoms with Gasteiger partial charge in [0.15, 0.2) is 0 Å². The highest BCUT2D eigenvalue weighted by Crippen LogP contribution is 2.04. The molecule has 0 aromatic carbocycles. The second kappa shape index (κ2) is 3.49. The molecule has 0 atom stereocenters. The summed E-state index contributed by atoms with van der Waals surface area (Å²) in [6.45, 7) is 1.87. The molecular formula is C9H9N5O. The average molecular weight is 203 g/mol. The highest BCUT2D eigenvalue weighted by molar-refractivity contribution is 5.90. The number of hydrogen-bond acceptors (Lipinski definition) is 4. The Morgan fingerprint density at radius 3 is 2.80 bits per heavy atom. The van der Waals surface area contributed by atoms with Crippen molar-refractivity contribution in [2.75, 3.05) is 0 Å². The summed E-state index contributed by atoms with van der Waals surface area (Å²) in [4.78, 5) is 18.9. The SMILES string of the molecule is Cc1ccnn1-c1nccc(C(N)=O)n1. The molecule has 0 aliphatic heterocycles. The number of carbonyl (C=O) groups is 1. The highest BCUT2D eigenvalue weighted by Gasteiger charge is 2.07. The molecule has 2 aromatic heterocycles. The lowest BCUT2D eigenvalue weighted by molar-refractivity contribution is 0.0995. The second-order valence-electron chi connectivity index (χ2n) is 2.99. The first-order chi connectivity index (χ1) is 7.18. The third-order valence-corrected chi connectivity index (χ3v) is 1.92. The van der Waals surface area contributed by atoms with E-state index < -0.39 is 5.91 Å². The summed E-state index contributed by atoms with van der Waals surface area (Å²) >= 11 is 0. The summed E-state index contributed by atoms with van der Waals surface area (Å²) in [6.07, 6.45) is 3.11. The van der Waals surface area contributed by atoms with Gasteiger partial charge in [-0.2, -0.15) is 5.10 Å². The molecule has 2 rings (SSSR count). The van der Waals surface area contributed by atoms with Crippen molar-refractivity contribution >= 4 is 5.91 Å². The van der Waals surface area contributed by atoms with Gasteiger partial charge in [-0.05, 0) is 19.1 Å². The first kappa shape index (κ1) is 9.32. The molecule has 2 N–H and O–H groups in total. The Kier molecular flexibility index (Phi) is 2.17. The van der Waals surface area contributed by atoms with Crippen LogP contribution in [0, 0.1) is 6.92 Å². The quantitative estimate of drug-likeness (QED) is 0.748. The van der Waals surface area contributed by atoms with Crippen LogP contribution in [0.25, 0.3) is 5.95 Å². The third kappa shape index (κ3) is 1.69. The second-order valence-corrected chi connectivity index (χ2v) is 2.99. The van der Waals surface area contributed by atoms with E-state index in [1.807, 2.05) is 13.0 Å². The molecular weight excluding hydrogens is 194 g/mol. The molecule has 2 aromatic rings. The lowest BCUT2D eigenvalue weighted by atomic mass is 10.4. The smallest absolute Gasteiger partial charge is 0.267 e. The van der Waals surface area contributed by atoms with Crippen molar-refractivity contribution < 1.29 is 4.79 Å². The van der Waals surface area contributed by atoms with Gasteiger partial charge in [0.25, 0.3) is 11.9 Å². The van der Waals surface area contributed by atoms with E-state index in [2.05, 4.69) is 15.1 Å². The highest BCUT2D eigenvalue weighted by atomic mass is 16.1. The van der Waals surface area contributed by atoms with Gasteiger partial charge in [-0.1, -0.05) is 0 Å². The molecule has 0 bridgehead atoms. The first-order valence-electron chi connectivity index (χ1n) is 4.32. The van der Waals surface area contributed by atoms with E-state index in [9.17, 15) is 4.79 Å². The van der Waals surface area contributed by atoms with Crippen LogP contribution in [-0.2, 0) is 0 Å². The van der Waals surface area contributed by atoms with Crippen molar-refractivity contribution in [2.45, 2.75) is 6.92 Å². The van der Waals surface area contributed by atoms with Gasteiger partial charge in [-0.15, -0.1) is 0 Å². The molecule has 0 fully saturated rings. The minimum absolute atomic E-state index is 0.176. The lowest BCUT2D eigenvalue weighted by Gasteiger charge is -2.02. The topological polar surface area (TPSA) is 86.7 Å². The summed E-state index contributed by atoms with van der Waals surface area (Å²) in [6, 6.07) is 3.28. The number of carbonyl (C=O) groups excluding carboxylic acids is 1. The largest absolute Gasteiger partial charge is 0.364 e. The van der Waals surface area contributed by atoms with E-state index in [4.69, 9.17) is 5.73 Å². The number of rotatable bonds is 2. The molecule has 15 heavy (non-hydrogen) atoms. The van der Waals surface area contributed by atoms with E-state index >= 15 is 0 Å². The summed E-state index contributed by atoms with van der Waals surface area (Å²) in [5.74, 6) is -0.239. The van der Waals surface area contributed by atoms with Crippen LogP contribution >= 0.6 is 0 Å². The average Bonchev–Trinajstić information content (AvgIpc) is 2.64. The first-order valence-corrected chi connectivity index (χ1v) is 4.32. The normalized spacial score (nSPS) is 10.2. The van der Waals surface area contributed by atoms with Gasteiger partial charge in [-0.3, -0.25) is 4.79 Å². The molecule has 1 amide bonds. The van der Waals surface area contributed by atoms with Crippen LogP contribution in [0.1, 0.15) is 16.2 Å². The Morgan fingerprint density at radius 2 is 2.20 bits per heavy atom. The monoisotopic (exact) mass is 203 g/mol. The maximum atomic E-state index is 10.9. The Hall–Kier alpha value is -2.24. The fourth-order valence-electron chi connectivity index (χ4n) is 1.17. The summed E-state index contributed by atoms with van der Waals surface area (Å²) in [5.41, 5.74) is 6.18. The van der Waals surface area contributed by atoms with Crippen LogP contribution in [0.3, 0.4) is 0 Å². The van der Waals surface area contributed by atoms with Gasteiger partial charge in [-0.25, -0.2) is 14.6 Å². The Balaban J connectivity index is 2.50. The fraction of sp³-hybridized carbons (Fsp3) is 0.111. The molecule has 0 radical (unpaired) electrons. The predicted molar refractivity (Wildman–Crippen MR) is 52.4 cm³/mol. The minimum atomic E-state index is -0.580. The van der Waals surface area contributed by atoms with Crippen LogP contribution in [0.15, 0.2) is 24.5 Å². The van der Waals surface area contributed by atoms with Crippen LogP contribution in [0.5, 0.6) is 0 Å². The summed E-state index contributed by atoms with van der Waals surface area (Å²) in [7, 11) is 0. The Labute approximate surface area is 85.8 Å². The lowest BCUT2D eigenvalue weighted by Crippen LogP contribution is -2.15. The molecule has 0 unspecified atom stereocenters.